The molecule has 0 atom stereocenters. The Balaban J connectivity index is 1.95. The van der Waals surface area contributed by atoms with Gasteiger partial charge in [-0.2, -0.15) is 0 Å². The summed E-state index contributed by atoms with van der Waals surface area (Å²) in [6, 6.07) is 11.2. The minimum atomic E-state index is -0.447. The number of hydrogen-bond donors (Lipinski definition) is 1. The van der Waals surface area contributed by atoms with E-state index in [2.05, 4.69) is 27.8 Å². The van der Waals surface area contributed by atoms with E-state index in [9.17, 15) is 9.59 Å². The molecule has 1 aliphatic heterocycles. The lowest BCUT2D eigenvalue weighted by Crippen LogP contribution is -2.25. The highest BCUT2D eigenvalue weighted by molar-refractivity contribution is 9.10. The van der Waals surface area contributed by atoms with Gasteiger partial charge in [-0.1, -0.05) is 34.1 Å². The SMILES string of the molecule is C=CCc1cc(/C=C2/NC(=O)N(C)C2=O)cc(OCC)c1OCc1ccc(Br)cc1. The molecule has 156 valence electrons. The van der Waals surface area contributed by atoms with Crippen LogP contribution in [0.3, 0.4) is 0 Å². The number of carbonyl (C=O) groups is 2. The van der Waals surface area contributed by atoms with Gasteiger partial charge < -0.3 is 14.8 Å². The van der Waals surface area contributed by atoms with E-state index in [4.69, 9.17) is 9.47 Å². The largest absolute Gasteiger partial charge is 0.490 e. The van der Waals surface area contributed by atoms with Crippen molar-refractivity contribution in [1.29, 1.82) is 0 Å². The van der Waals surface area contributed by atoms with Gasteiger partial charge in [0.15, 0.2) is 11.5 Å². The summed E-state index contributed by atoms with van der Waals surface area (Å²) in [6.07, 6.45) is 3.98. The number of ether oxygens (including phenoxy) is 2. The van der Waals surface area contributed by atoms with E-state index >= 15 is 0 Å². The number of nitrogens with one attached hydrogen (secondary N) is 1. The van der Waals surface area contributed by atoms with E-state index in [0.717, 1.165) is 26.1 Å². The van der Waals surface area contributed by atoms with E-state index in [1.54, 1.807) is 18.2 Å². The van der Waals surface area contributed by atoms with Crippen molar-refractivity contribution >= 4 is 33.9 Å². The smallest absolute Gasteiger partial charge is 0.328 e. The first-order valence-corrected chi connectivity index (χ1v) is 10.3. The molecule has 0 unspecified atom stereocenters. The molecule has 0 radical (unpaired) electrons. The summed E-state index contributed by atoms with van der Waals surface area (Å²) in [6.45, 7) is 6.57. The summed E-state index contributed by atoms with van der Waals surface area (Å²) in [4.78, 5) is 24.9. The summed E-state index contributed by atoms with van der Waals surface area (Å²) in [5.41, 5.74) is 2.85. The molecule has 2 aromatic carbocycles. The van der Waals surface area contributed by atoms with Gasteiger partial charge in [0.2, 0.25) is 0 Å². The lowest BCUT2D eigenvalue weighted by Gasteiger charge is -2.17. The van der Waals surface area contributed by atoms with Crippen molar-refractivity contribution in [2.45, 2.75) is 20.0 Å². The lowest BCUT2D eigenvalue weighted by atomic mass is 10.0. The fraction of sp³-hybridized carbons (Fsp3) is 0.217. The molecule has 0 aliphatic carbocycles. The number of amides is 3. The van der Waals surface area contributed by atoms with Crippen molar-refractivity contribution in [3.63, 3.8) is 0 Å². The molecule has 0 saturated carbocycles. The summed E-state index contributed by atoms with van der Waals surface area (Å²) >= 11 is 3.43. The van der Waals surface area contributed by atoms with Crippen LogP contribution >= 0.6 is 15.9 Å². The van der Waals surface area contributed by atoms with E-state index in [1.807, 2.05) is 37.3 Å². The topological polar surface area (TPSA) is 67.9 Å². The molecule has 3 amide bonds. The fourth-order valence-corrected chi connectivity index (χ4v) is 3.29. The third-order valence-electron chi connectivity index (χ3n) is 4.51. The molecule has 6 nitrogen and oxygen atoms in total. The van der Waals surface area contributed by atoms with Crippen molar-refractivity contribution in [3.8, 4) is 11.5 Å². The predicted molar refractivity (Wildman–Crippen MR) is 119 cm³/mol. The van der Waals surface area contributed by atoms with E-state index < -0.39 is 6.03 Å². The van der Waals surface area contributed by atoms with Crippen LogP contribution in [0.15, 0.2) is 59.2 Å². The van der Waals surface area contributed by atoms with Crippen LogP contribution in [0.2, 0.25) is 0 Å². The van der Waals surface area contributed by atoms with Gasteiger partial charge in [0.1, 0.15) is 12.3 Å². The summed E-state index contributed by atoms with van der Waals surface area (Å²) in [5.74, 6) is 0.838. The standard InChI is InChI=1S/C23H23BrN2O4/c1-4-6-17-11-16(12-19-22(27)26(3)23(28)25-19)13-20(29-5-2)21(17)30-14-15-7-9-18(24)10-8-15/h4,7-13H,1,5-6,14H2,2-3H3,(H,25,28)/b19-12+. The number of likely N-dealkylation sites (N-methyl/N-ethyl adjacent to an activating group) is 1. The average Bonchev–Trinajstić information content (AvgIpc) is 2.96. The molecule has 0 bridgehead atoms. The molecule has 0 spiro atoms. The number of allylic oxidation sites excluding steroid dienone is 1. The first-order chi connectivity index (χ1) is 14.4. The minimum Gasteiger partial charge on any atom is -0.490 e. The van der Waals surface area contributed by atoms with Crippen LogP contribution in [-0.4, -0.2) is 30.5 Å². The molecule has 7 heteroatoms. The first kappa shape index (κ1) is 21.6. The Bertz CT molecular complexity index is 999. The van der Waals surface area contributed by atoms with Gasteiger partial charge in [-0.05, 0) is 54.8 Å². The Morgan fingerprint density at radius 1 is 1.17 bits per heavy atom. The van der Waals surface area contributed by atoms with Crippen molar-refractivity contribution in [3.05, 3.63) is 75.9 Å². The van der Waals surface area contributed by atoms with E-state index in [-0.39, 0.29) is 11.6 Å². The Morgan fingerprint density at radius 3 is 2.50 bits per heavy atom. The molecular formula is C23H23BrN2O4. The summed E-state index contributed by atoms with van der Waals surface area (Å²) < 4.78 is 13.0. The molecule has 1 N–H and O–H groups in total. The van der Waals surface area contributed by atoms with Crippen LogP contribution in [0.4, 0.5) is 4.79 Å². The Kier molecular flexibility index (Phi) is 6.95. The monoisotopic (exact) mass is 470 g/mol. The highest BCUT2D eigenvalue weighted by atomic mass is 79.9. The first-order valence-electron chi connectivity index (χ1n) is 9.51. The van der Waals surface area contributed by atoms with Crippen molar-refractivity contribution in [2.24, 2.45) is 0 Å². The third-order valence-corrected chi connectivity index (χ3v) is 5.04. The predicted octanol–water partition coefficient (Wildman–Crippen LogP) is 4.68. The maximum atomic E-state index is 12.2. The molecule has 1 heterocycles. The van der Waals surface area contributed by atoms with Crippen molar-refractivity contribution < 1.29 is 19.1 Å². The van der Waals surface area contributed by atoms with Crippen LogP contribution in [0, 0.1) is 0 Å². The molecule has 0 aromatic heterocycles. The second-order valence-corrected chi connectivity index (χ2v) is 7.62. The number of imide groups is 1. The quantitative estimate of drug-likeness (QED) is 0.345. The van der Waals surface area contributed by atoms with Gasteiger partial charge in [0.25, 0.3) is 5.91 Å². The maximum absolute atomic E-state index is 12.2. The minimum absolute atomic E-state index is 0.220. The number of hydrogen-bond acceptors (Lipinski definition) is 4. The number of nitrogens with zero attached hydrogens (tertiary/aromatic N) is 1. The fourth-order valence-electron chi connectivity index (χ4n) is 3.03. The maximum Gasteiger partial charge on any atom is 0.328 e. The zero-order chi connectivity index (χ0) is 21.7. The molecule has 1 aliphatic rings. The van der Waals surface area contributed by atoms with Crippen molar-refractivity contribution in [1.82, 2.24) is 10.2 Å². The Labute approximate surface area is 184 Å². The molecular weight excluding hydrogens is 448 g/mol. The molecule has 1 fully saturated rings. The normalized spacial score (nSPS) is 14.8. The van der Waals surface area contributed by atoms with Crippen LogP contribution in [0.5, 0.6) is 11.5 Å². The van der Waals surface area contributed by atoms with Crippen LogP contribution < -0.4 is 14.8 Å². The lowest BCUT2D eigenvalue weighted by molar-refractivity contribution is -0.121. The number of benzene rings is 2. The zero-order valence-corrected chi connectivity index (χ0v) is 18.5. The summed E-state index contributed by atoms with van der Waals surface area (Å²) in [5, 5.41) is 2.57. The summed E-state index contributed by atoms with van der Waals surface area (Å²) in [7, 11) is 1.44. The number of urea groups is 1. The van der Waals surface area contributed by atoms with E-state index in [1.165, 1.54) is 7.05 Å². The number of carbonyl (C=O) groups excluding carboxylic acids is 2. The second-order valence-electron chi connectivity index (χ2n) is 6.70. The second kappa shape index (κ2) is 9.63. The van der Waals surface area contributed by atoms with Gasteiger partial charge in [0, 0.05) is 17.1 Å². The van der Waals surface area contributed by atoms with Gasteiger partial charge in [-0.15, -0.1) is 6.58 Å². The van der Waals surface area contributed by atoms with Gasteiger partial charge in [0.05, 0.1) is 6.61 Å². The Hall–Kier alpha value is -3.06. The zero-order valence-electron chi connectivity index (χ0n) is 16.9. The van der Waals surface area contributed by atoms with E-state index in [0.29, 0.717) is 31.1 Å². The van der Waals surface area contributed by atoms with Gasteiger partial charge in [-0.25, -0.2) is 4.79 Å². The molecule has 30 heavy (non-hydrogen) atoms. The van der Waals surface area contributed by atoms with Gasteiger partial charge >= 0.3 is 6.03 Å². The molecule has 1 saturated heterocycles. The average molecular weight is 471 g/mol. The molecule has 3 rings (SSSR count). The highest BCUT2D eigenvalue weighted by Gasteiger charge is 2.30. The number of rotatable bonds is 8. The van der Waals surface area contributed by atoms with Crippen LogP contribution in [0.25, 0.3) is 6.08 Å². The van der Waals surface area contributed by atoms with Gasteiger partial charge in [-0.3, -0.25) is 9.69 Å². The van der Waals surface area contributed by atoms with Crippen molar-refractivity contribution in [2.75, 3.05) is 13.7 Å². The Morgan fingerprint density at radius 2 is 1.90 bits per heavy atom. The third kappa shape index (κ3) is 4.91. The van der Waals surface area contributed by atoms with Crippen LogP contribution in [0.1, 0.15) is 23.6 Å². The molecule has 2 aromatic rings. The highest BCUT2D eigenvalue weighted by Crippen LogP contribution is 2.35. The number of halogens is 1. The van der Waals surface area contributed by atoms with Crippen LogP contribution in [-0.2, 0) is 17.8 Å².